The maximum Gasteiger partial charge on any atom is 0.256 e. The van der Waals surface area contributed by atoms with Gasteiger partial charge in [-0.3, -0.25) is 9.59 Å². The number of rotatable bonds is 9. The number of aromatic amines is 1. The molecular weight excluding hydrogens is 519 g/mol. The molecule has 2 aromatic carbocycles. The van der Waals surface area contributed by atoms with Crippen LogP contribution in [0.25, 0.3) is 11.6 Å². The number of hydrogen-bond acceptors (Lipinski definition) is 5. The summed E-state index contributed by atoms with van der Waals surface area (Å²) in [6.07, 6.45) is 4.87. The first-order valence-electron chi connectivity index (χ1n) is 13.0. The van der Waals surface area contributed by atoms with Crippen molar-refractivity contribution in [2.45, 2.75) is 36.8 Å². The lowest BCUT2D eigenvalue weighted by atomic mass is 10.0. The minimum absolute atomic E-state index is 0.0226. The highest BCUT2D eigenvalue weighted by molar-refractivity contribution is 7.90. The van der Waals surface area contributed by atoms with Crippen LogP contribution >= 0.6 is 0 Å². The minimum atomic E-state index is -3.89. The lowest BCUT2D eigenvalue weighted by Gasteiger charge is -2.14. The van der Waals surface area contributed by atoms with Gasteiger partial charge in [-0.15, -0.1) is 0 Å². The molecule has 0 saturated carbocycles. The number of nitrogens with one attached hydrogen (secondary N) is 3. The number of amides is 2. The van der Waals surface area contributed by atoms with Gasteiger partial charge in [0.15, 0.2) is 9.84 Å². The van der Waals surface area contributed by atoms with E-state index in [1.165, 1.54) is 49.2 Å². The first-order valence-corrected chi connectivity index (χ1v) is 14.7. The van der Waals surface area contributed by atoms with Crippen LogP contribution in [-0.2, 0) is 20.4 Å². The summed E-state index contributed by atoms with van der Waals surface area (Å²) in [5.74, 6) is -1.74. The van der Waals surface area contributed by atoms with E-state index in [1.807, 2.05) is 6.92 Å². The monoisotopic (exact) mass is 550 g/mol. The van der Waals surface area contributed by atoms with Gasteiger partial charge in [-0.2, -0.15) is 0 Å². The van der Waals surface area contributed by atoms with E-state index in [-0.39, 0.29) is 21.9 Å². The quantitative estimate of drug-likeness (QED) is 0.274. The number of hydrogen-bond donors (Lipinski definition) is 3. The number of aromatic nitrogens is 1. The molecule has 0 radical (unpaired) electrons. The van der Waals surface area contributed by atoms with Gasteiger partial charge in [0.25, 0.3) is 11.8 Å². The average Bonchev–Trinajstić information content (AvgIpc) is 3.62. The van der Waals surface area contributed by atoms with Crippen molar-refractivity contribution in [2.24, 2.45) is 0 Å². The van der Waals surface area contributed by atoms with E-state index in [4.69, 9.17) is 0 Å². The molecule has 1 saturated heterocycles. The van der Waals surface area contributed by atoms with Crippen LogP contribution in [0.2, 0.25) is 0 Å². The maximum atomic E-state index is 14.1. The molecule has 2 aliphatic rings. The Hall–Kier alpha value is -3.76. The fourth-order valence-corrected chi connectivity index (χ4v) is 6.45. The predicted octanol–water partition coefficient (Wildman–Crippen LogP) is 4.14. The molecule has 0 bridgehead atoms. The van der Waals surface area contributed by atoms with Crippen LogP contribution < -0.4 is 10.6 Å². The van der Waals surface area contributed by atoms with Crippen LogP contribution in [0.15, 0.2) is 53.4 Å². The molecule has 0 aliphatic carbocycles. The van der Waals surface area contributed by atoms with Crippen LogP contribution in [-0.4, -0.2) is 56.3 Å². The second kappa shape index (κ2) is 11.2. The number of nitrogens with zero attached hydrogens (tertiary/aromatic N) is 1. The van der Waals surface area contributed by atoms with Crippen molar-refractivity contribution in [3.63, 3.8) is 0 Å². The molecule has 2 aliphatic heterocycles. The summed E-state index contributed by atoms with van der Waals surface area (Å²) in [5.41, 5.74) is 2.79. The van der Waals surface area contributed by atoms with Gasteiger partial charge in [-0.1, -0.05) is 18.2 Å². The van der Waals surface area contributed by atoms with Crippen LogP contribution in [0.1, 0.15) is 52.1 Å². The molecule has 3 N–H and O–H groups in total. The third-order valence-corrected chi connectivity index (χ3v) is 8.75. The number of sulfone groups is 1. The molecule has 1 aromatic heterocycles. The van der Waals surface area contributed by atoms with Crippen LogP contribution in [0.3, 0.4) is 0 Å². The topological polar surface area (TPSA) is 111 Å². The number of carbonyl (C=O) groups excluding carboxylic acids is 2. The number of anilines is 1. The number of benzene rings is 2. The van der Waals surface area contributed by atoms with Crippen LogP contribution in [0, 0.1) is 12.7 Å². The number of likely N-dealkylation sites (tertiary alicyclic amines) is 1. The Morgan fingerprint density at radius 2 is 1.90 bits per heavy atom. The molecule has 3 heterocycles. The zero-order valence-corrected chi connectivity index (χ0v) is 22.5. The highest BCUT2D eigenvalue weighted by Crippen LogP contribution is 2.36. The van der Waals surface area contributed by atoms with E-state index in [0.717, 1.165) is 31.7 Å². The summed E-state index contributed by atoms with van der Waals surface area (Å²) >= 11 is 0. The van der Waals surface area contributed by atoms with Gasteiger partial charge in [0.2, 0.25) is 0 Å². The SMILES string of the molecule is Cc1cc(C(=O)NCCCN2CCCC2)c(/C=C2\C(=O)Nc3ccc(S(=O)(=O)Cc4ccccc4F)cc32)[nH]1. The van der Waals surface area contributed by atoms with E-state index in [9.17, 15) is 22.4 Å². The predicted molar refractivity (Wildman–Crippen MR) is 148 cm³/mol. The van der Waals surface area contributed by atoms with Crippen molar-refractivity contribution in [1.29, 1.82) is 0 Å². The van der Waals surface area contributed by atoms with E-state index in [2.05, 4.69) is 20.5 Å². The molecule has 0 unspecified atom stereocenters. The summed E-state index contributed by atoms with van der Waals surface area (Å²) in [4.78, 5) is 31.3. The highest BCUT2D eigenvalue weighted by Gasteiger charge is 2.28. The van der Waals surface area contributed by atoms with E-state index in [1.54, 1.807) is 18.2 Å². The molecule has 10 heteroatoms. The first kappa shape index (κ1) is 26.8. The van der Waals surface area contributed by atoms with Gasteiger partial charge in [0.1, 0.15) is 5.82 Å². The lowest BCUT2D eigenvalue weighted by Crippen LogP contribution is -2.28. The lowest BCUT2D eigenvalue weighted by molar-refractivity contribution is -0.110. The molecule has 1 fully saturated rings. The van der Waals surface area contributed by atoms with Crippen molar-refractivity contribution >= 4 is 39.0 Å². The van der Waals surface area contributed by atoms with Crippen molar-refractivity contribution in [3.05, 3.63) is 82.4 Å². The Bertz CT molecular complexity index is 1550. The zero-order chi connectivity index (χ0) is 27.6. The van der Waals surface area contributed by atoms with Gasteiger partial charge in [-0.05, 0) is 82.2 Å². The van der Waals surface area contributed by atoms with Crippen LogP contribution in [0.4, 0.5) is 10.1 Å². The summed E-state index contributed by atoms with van der Waals surface area (Å²) in [7, 11) is -3.89. The maximum absolute atomic E-state index is 14.1. The number of H-pyrrole nitrogens is 1. The minimum Gasteiger partial charge on any atom is -0.358 e. The summed E-state index contributed by atoms with van der Waals surface area (Å²) < 4.78 is 40.3. The molecule has 0 atom stereocenters. The Kier molecular flexibility index (Phi) is 7.67. The van der Waals surface area contributed by atoms with Crippen molar-refractivity contribution in [3.8, 4) is 0 Å². The van der Waals surface area contributed by atoms with Crippen LogP contribution in [0.5, 0.6) is 0 Å². The Balaban J connectivity index is 1.37. The Morgan fingerprint density at radius 3 is 2.67 bits per heavy atom. The fraction of sp³-hybridized carbons (Fsp3) is 0.310. The molecule has 3 aromatic rings. The first-order chi connectivity index (χ1) is 18.7. The standard InChI is InChI=1S/C29H31FN4O4S/c1-19-15-24(28(35)31-11-6-14-34-12-4-5-13-34)27(32-19)17-23-22-16-21(9-10-26(22)33-29(23)36)39(37,38)18-20-7-2-3-8-25(20)30/h2-3,7-10,15-17,32H,4-6,11-14,18H2,1H3,(H,31,35)(H,33,36)/b23-17-. The third kappa shape index (κ3) is 5.97. The summed E-state index contributed by atoms with van der Waals surface area (Å²) in [5, 5.41) is 5.71. The van der Waals surface area contributed by atoms with Crippen molar-refractivity contribution < 1.29 is 22.4 Å². The molecule has 39 heavy (non-hydrogen) atoms. The van der Waals surface area contributed by atoms with Gasteiger partial charge < -0.3 is 20.5 Å². The molecule has 204 valence electrons. The van der Waals surface area contributed by atoms with Gasteiger partial charge in [0.05, 0.1) is 27.5 Å². The van der Waals surface area contributed by atoms with E-state index >= 15 is 0 Å². The van der Waals surface area contributed by atoms with E-state index < -0.39 is 27.3 Å². The number of halogens is 1. The Morgan fingerprint density at radius 1 is 1.13 bits per heavy atom. The average molecular weight is 551 g/mol. The highest BCUT2D eigenvalue weighted by atomic mass is 32.2. The molecular formula is C29H31FN4O4S. The third-order valence-electron chi connectivity index (χ3n) is 7.09. The molecule has 5 rings (SSSR count). The molecule has 2 amide bonds. The second-order valence-electron chi connectivity index (χ2n) is 10.0. The molecule has 0 spiro atoms. The van der Waals surface area contributed by atoms with E-state index in [0.29, 0.717) is 29.1 Å². The largest absolute Gasteiger partial charge is 0.358 e. The van der Waals surface area contributed by atoms with Gasteiger partial charge in [0, 0.05) is 29.1 Å². The van der Waals surface area contributed by atoms with Crippen molar-refractivity contribution in [1.82, 2.24) is 15.2 Å². The normalized spacial score (nSPS) is 16.5. The van der Waals surface area contributed by atoms with Gasteiger partial charge >= 0.3 is 0 Å². The van der Waals surface area contributed by atoms with Crippen molar-refractivity contribution in [2.75, 3.05) is 31.5 Å². The summed E-state index contributed by atoms with van der Waals surface area (Å²) in [6, 6.07) is 11.8. The molecule has 8 nitrogen and oxygen atoms in total. The smallest absolute Gasteiger partial charge is 0.256 e. The number of aryl methyl sites for hydroxylation is 1. The zero-order valence-electron chi connectivity index (χ0n) is 21.7. The number of carbonyl (C=O) groups is 2. The Labute approximate surface area is 227 Å². The fourth-order valence-electron chi connectivity index (χ4n) is 5.07. The second-order valence-corrected chi connectivity index (χ2v) is 12.0. The number of fused-ring (bicyclic) bond motifs is 1. The van der Waals surface area contributed by atoms with Gasteiger partial charge in [-0.25, -0.2) is 12.8 Å². The summed E-state index contributed by atoms with van der Waals surface area (Å²) in [6.45, 7) is 5.53.